The number of anilines is 1. The van der Waals surface area contributed by atoms with Gasteiger partial charge in [0.15, 0.2) is 5.96 Å². The summed E-state index contributed by atoms with van der Waals surface area (Å²) < 4.78 is 0. The van der Waals surface area contributed by atoms with Crippen LogP contribution in [0.2, 0.25) is 0 Å². The molecule has 22 heavy (non-hydrogen) atoms. The fourth-order valence-electron chi connectivity index (χ4n) is 2.32. The fraction of sp³-hybridized carbons (Fsp3) is 0.500. The van der Waals surface area contributed by atoms with E-state index in [1.807, 2.05) is 6.20 Å². The molecular weight excluding hydrogens is 276 g/mol. The number of rotatable bonds is 5. The second-order valence-electron chi connectivity index (χ2n) is 5.41. The Balaban J connectivity index is 1.85. The van der Waals surface area contributed by atoms with Crippen LogP contribution in [0.3, 0.4) is 0 Å². The van der Waals surface area contributed by atoms with Gasteiger partial charge < -0.3 is 20.4 Å². The maximum atomic E-state index is 4.58. The van der Waals surface area contributed by atoms with Crippen LogP contribution in [0.25, 0.3) is 0 Å². The molecular formula is C16H26N6. The van der Waals surface area contributed by atoms with Gasteiger partial charge in [-0.3, -0.25) is 4.99 Å². The third-order valence-corrected chi connectivity index (χ3v) is 3.73. The van der Waals surface area contributed by atoms with Gasteiger partial charge in [0.2, 0.25) is 0 Å². The summed E-state index contributed by atoms with van der Waals surface area (Å²) in [5.74, 6) is 1.83. The highest BCUT2D eigenvalue weighted by molar-refractivity contribution is 5.79. The number of nitrogens with one attached hydrogen (secondary N) is 2. The van der Waals surface area contributed by atoms with Gasteiger partial charge >= 0.3 is 0 Å². The van der Waals surface area contributed by atoms with Gasteiger partial charge in [-0.25, -0.2) is 4.98 Å². The summed E-state index contributed by atoms with van der Waals surface area (Å²) in [6.45, 7) is 9.35. The predicted octanol–water partition coefficient (Wildman–Crippen LogP) is 0.684. The molecule has 0 atom stereocenters. The number of likely N-dealkylation sites (N-methyl/N-ethyl adjacent to an activating group) is 1. The molecule has 2 N–H and O–H groups in total. The lowest BCUT2D eigenvalue weighted by Gasteiger charge is -2.33. The van der Waals surface area contributed by atoms with E-state index < -0.39 is 0 Å². The first kappa shape index (κ1) is 16.3. The summed E-state index contributed by atoms with van der Waals surface area (Å²) in [5.41, 5.74) is 1.14. The van der Waals surface area contributed by atoms with E-state index in [9.17, 15) is 0 Å². The average Bonchev–Trinajstić information content (AvgIpc) is 2.56. The Kier molecular flexibility index (Phi) is 6.21. The zero-order chi connectivity index (χ0) is 15.8. The van der Waals surface area contributed by atoms with Crippen molar-refractivity contribution in [3.05, 3.63) is 36.5 Å². The quantitative estimate of drug-likeness (QED) is 0.476. The molecule has 0 amide bonds. The van der Waals surface area contributed by atoms with Crippen molar-refractivity contribution < 1.29 is 0 Å². The normalized spacial score (nSPS) is 16.5. The number of aliphatic imine (C=N–C) groups is 1. The fourth-order valence-corrected chi connectivity index (χ4v) is 2.32. The van der Waals surface area contributed by atoms with E-state index >= 15 is 0 Å². The van der Waals surface area contributed by atoms with Gasteiger partial charge in [-0.1, -0.05) is 12.1 Å². The Labute approximate surface area is 132 Å². The molecule has 6 heteroatoms. The minimum atomic E-state index is 0.695. The molecule has 2 heterocycles. The van der Waals surface area contributed by atoms with Crippen LogP contribution in [0.4, 0.5) is 5.82 Å². The lowest BCUT2D eigenvalue weighted by atomic mass is 10.2. The molecule has 0 unspecified atom stereocenters. The summed E-state index contributed by atoms with van der Waals surface area (Å²) in [6.07, 6.45) is 3.74. The number of hydrogen-bond donors (Lipinski definition) is 2. The lowest BCUT2D eigenvalue weighted by Crippen LogP contribution is -2.44. The number of aromatic nitrogens is 1. The number of piperazine rings is 1. The average molecular weight is 302 g/mol. The number of hydrogen-bond acceptors (Lipinski definition) is 4. The van der Waals surface area contributed by atoms with E-state index in [1.165, 1.54) is 0 Å². The summed E-state index contributed by atoms with van der Waals surface area (Å²) in [7, 11) is 3.92. The third kappa shape index (κ3) is 4.73. The molecule has 1 aliphatic rings. The summed E-state index contributed by atoms with van der Waals surface area (Å²) in [6, 6.07) is 4.22. The number of guanidine groups is 1. The molecule has 0 saturated carbocycles. The van der Waals surface area contributed by atoms with E-state index in [0.29, 0.717) is 13.1 Å². The molecule has 1 saturated heterocycles. The zero-order valence-electron chi connectivity index (χ0n) is 13.5. The van der Waals surface area contributed by atoms with Crippen molar-refractivity contribution in [2.45, 2.75) is 6.54 Å². The standard InChI is InChI=1S/C16H26N6/c1-4-7-18-16(17-2)20-13-14-5-6-15(19-12-14)22-10-8-21(3)9-11-22/h4-6,12H,1,7-11,13H2,2-3H3,(H2,17,18,20). The van der Waals surface area contributed by atoms with Gasteiger partial charge in [-0.05, 0) is 18.7 Å². The van der Waals surface area contributed by atoms with Crippen molar-refractivity contribution in [3.63, 3.8) is 0 Å². The van der Waals surface area contributed by atoms with Crippen LogP contribution >= 0.6 is 0 Å². The molecule has 0 aliphatic carbocycles. The van der Waals surface area contributed by atoms with Crippen molar-refractivity contribution in [1.29, 1.82) is 0 Å². The smallest absolute Gasteiger partial charge is 0.191 e. The number of pyridine rings is 1. The topological polar surface area (TPSA) is 55.8 Å². The highest BCUT2D eigenvalue weighted by atomic mass is 15.3. The third-order valence-electron chi connectivity index (χ3n) is 3.73. The van der Waals surface area contributed by atoms with Gasteiger partial charge in [-0.2, -0.15) is 0 Å². The van der Waals surface area contributed by atoms with Crippen LogP contribution in [0, 0.1) is 0 Å². The van der Waals surface area contributed by atoms with Crippen LogP contribution in [0.5, 0.6) is 0 Å². The first-order chi connectivity index (χ1) is 10.7. The van der Waals surface area contributed by atoms with Crippen molar-refractivity contribution in [2.75, 3.05) is 51.7 Å². The van der Waals surface area contributed by atoms with Crippen molar-refractivity contribution >= 4 is 11.8 Å². The number of nitrogens with zero attached hydrogens (tertiary/aromatic N) is 4. The van der Waals surface area contributed by atoms with E-state index in [2.05, 4.69) is 56.2 Å². The van der Waals surface area contributed by atoms with E-state index in [4.69, 9.17) is 0 Å². The van der Waals surface area contributed by atoms with Crippen molar-refractivity contribution in [2.24, 2.45) is 4.99 Å². The zero-order valence-corrected chi connectivity index (χ0v) is 13.5. The van der Waals surface area contributed by atoms with Gasteiger partial charge in [0.25, 0.3) is 0 Å². The minimum Gasteiger partial charge on any atom is -0.354 e. The van der Waals surface area contributed by atoms with Gasteiger partial charge in [0.05, 0.1) is 0 Å². The van der Waals surface area contributed by atoms with Crippen LogP contribution < -0.4 is 15.5 Å². The molecule has 0 spiro atoms. The van der Waals surface area contributed by atoms with Crippen molar-refractivity contribution in [1.82, 2.24) is 20.5 Å². The molecule has 1 aromatic heterocycles. The molecule has 120 valence electrons. The SMILES string of the molecule is C=CCNC(=NC)NCc1ccc(N2CCN(C)CC2)nc1. The summed E-state index contributed by atoms with van der Waals surface area (Å²) in [5, 5.41) is 6.40. The molecule has 6 nitrogen and oxygen atoms in total. The summed E-state index contributed by atoms with van der Waals surface area (Å²) in [4.78, 5) is 13.4. The first-order valence-electron chi connectivity index (χ1n) is 7.66. The minimum absolute atomic E-state index is 0.695. The van der Waals surface area contributed by atoms with Crippen molar-refractivity contribution in [3.8, 4) is 0 Å². The lowest BCUT2D eigenvalue weighted by molar-refractivity contribution is 0.312. The van der Waals surface area contributed by atoms with E-state index in [1.54, 1.807) is 13.1 Å². The maximum absolute atomic E-state index is 4.58. The van der Waals surface area contributed by atoms with Crippen LogP contribution in [-0.2, 0) is 6.54 Å². The van der Waals surface area contributed by atoms with Gasteiger partial charge in [0.1, 0.15) is 5.82 Å². The molecule has 2 rings (SSSR count). The van der Waals surface area contributed by atoms with Crippen LogP contribution in [0.15, 0.2) is 36.0 Å². The second-order valence-corrected chi connectivity index (χ2v) is 5.41. The molecule has 1 fully saturated rings. The Morgan fingerprint density at radius 2 is 2.09 bits per heavy atom. The Morgan fingerprint density at radius 3 is 2.68 bits per heavy atom. The predicted molar refractivity (Wildman–Crippen MR) is 92.3 cm³/mol. The molecule has 1 aliphatic heterocycles. The van der Waals surface area contributed by atoms with Gasteiger partial charge in [-0.15, -0.1) is 6.58 Å². The molecule has 0 aromatic carbocycles. The Hall–Kier alpha value is -2.08. The first-order valence-corrected chi connectivity index (χ1v) is 7.66. The molecule has 0 bridgehead atoms. The molecule has 1 aromatic rings. The molecule has 0 radical (unpaired) electrons. The highest BCUT2D eigenvalue weighted by Gasteiger charge is 2.14. The second kappa shape index (κ2) is 8.38. The largest absolute Gasteiger partial charge is 0.354 e. The maximum Gasteiger partial charge on any atom is 0.191 e. The van der Waals surface area contributed by atoms with E-state index in [-0.39, 0.29) is 0 Å². The van der Waals surface area contributed by atoms with Gasteiger partial charge in [0, 0.05) is 52.5 Å². The monoisotopic (exact) mass is 302 g/mol. The Morgan fingerprint density at radius 1 is 1.32 bits per heavy atom. The van der Waals surface area contributed by atoms with Crippen LogP contribution in [-0.4, -0.2) is 62.7 Å². The summed E-state index contributed by atoms with van der Waals surface area (Å²) >= 11 is 0. The van der Waals surface area contributed by atoms with E-state index in [0.717, 1.165) is 43.5 Å². The highest BCUT2D eigenvalue weighted by Crippen LogP contribution is 2.13. The Bertz CT molecular complexity index is 488. The van der Waals surface area contributed by atoms with Crippen LogP contribution in [0.1, 0.15) is 5.56 Å².